The van der Waals surface area contributed by atoms with E-state index in [-0.39, 0.29) is 0 Å². The first-order chi connectivity index (χ1) is 8.56. The highest BCUT2D eigenvalue weighted by Crippen LogP contribution is 2.44. The van der Waals surface area contributed by atoms with Crippen LogP contribution in [0.15, 0.2) is 24.3 Å². The van der Waals surface area contributed by atoms with E-state index in [1.54, 1.807) is 20.8 Å². The van der Waals surface area contributed by atoms with E-state index in [1.807, 2.05) is 0 Å². The third-order valence-electron chi connectivity index (χ3n) is 3.54. The molecule has 104 valence electrons. The van der Waals surface area contributed by atoms with Crippen molar-refractivity contribution in [1.29, 1.82) is 0 Å². The second-order valence-electron chi connectivity index (χ2n) is 5.07. The van der Waals surface area contributed by atoms with Gasteiger partial charge in [-0.3, -0.25) is 0 Å². The maximum absolute atomic E-state index is 12.5. The Labute approximate surface area is 108 Å². The second kappa shape index (κ2) is 3.88. The highest BCUT2D eigenvalue weighted by Gasteiger charge is 2.55. The first-order valence-electron chi connectivity index (χ1n) is 5.66. The molecule has 2 rings (SSSR count). The van der Waals surface area contributed by atoms with Crippen molar-refractivity contribution in [2.24, 2.45) is 0 Å². The van der Waals surface area contributed by atoms with E-state index >= 15 is 0 Å². The molecule has 1 fully saturated rings. The Morgan fingerprint density at radius 2 is 1.53 bits per heavy atom. The fraction of sp³-hybridized carbons (Fsp3) is 0.462. The molecule has 0 aromatic heterocycles. The highest BCUT2D eigenvalue weighted by molar-refractivity contribution is 5.65. The van der Waals surface area contributed by atoms with Crippen LogP contribution in [0, 0.1) is 0 Å². The smallest absolute Gasteiger partial charge is 0.424 e. The van der Waals surface area contributed by atoms with Gasteiger partial charge >= 0.3 is 12.3 Å². The van der Waals surface area contributed by atoms with Gasteiger partial charge in [0.05, 0.1) is 5.56 Å². The van der Waals surface area contributed by atoms with Crippen LogP contribution in [0.3, 0.4) is 0 Å². The molecule has 1 unspecified atom stereocenters. The van der Waals surface area contributed by atoms with Crippen molar-refractivity contribution in [2.45, 2.75) is 38.1 Å². The van der Waals surface area contributed by atoms with Crippen molar-refractivity contribution >= 4 is 6.16 Å². The lowest BCUT2D eigenvalue weighted by molar-refractivity contribution is -0.137. The molecule has 0 spiro atoms. The third kappa shape index (κ3) is 2.15. The molecule has 3 nitrogen and oxygen atoms in total. The zero-order valence-corrected chi connectivity index (χ0v) is 10.7. The van der Waals surface area contributed by atoms with Crippen molar-refractivity contribution in [2.75, 3.05) is 0 Å². The molecule has 0 saturated carbocycles. The number of ether oxygens (including phenoxy) is 2. The van der Waals surface area contributed by atoms with Crippen molar-refractivity contribution in [1.82, 2.24) is 0 Å². The van der Waals surface area contributed by atoms with E-state index in [4.69, 9.17) is 9.47 Å². The van der Waals surface area contributed by atoms with Gasteiger partial charge in [0.15, 0.2) is 11.2 Å². The maximum atomic E-state index is 12.5. The van der Waals surface area contributed by atoms with Crippen LogP contribution >= 0.6 is 0 Å². The van der Waals surface area contributed by atoms with E-state index in [9.17, 15) is 18.0 Å². The Kier molecular flexibility index (Phi) is 2.80. The molecule has 0 bridgehead atoms. The minimum absolute atomic E-state index is 0.455. The SMILES string of the molecule is CC1(C)OC(=O)OC1(C)c1ccc(C(F)(F)F)cc1. The predicted octanol–water partition coefficient (Wildman–Crippen LogP) is 3.87. The first-order valence-corrected chi connectivity index (χ1v) is 5.66. The fourth-order valence-corrected chi connectivity index (χ4v) is 2.00. The zero-order chi connectivity index (χ0) is 14.5. The molecule has 19 heavy (non-hydrogen) atoms. The molecule has 1 aromatic rings. The Morgan fingerprint density at radius 3 is 1.89 bits per heavy atom. The minimum Gasteiger partial charge on any atom is -0.424 e. The summed E-state index contributed by atoms with van der Waals surface area (Å²) in [6.07, 6.45) is -5.22. The molecule has 0 N–H and O–H groups in total. The molecule has 1 aliphatic heterocycles. The standard InChI is InChI=1S/C13H13F3O3/c1-11(2)12(3,19-10(17)18-11)8-4-6-9(7-5-8)13(14,15)16/h4-7H,1-3H3. The van der Waals surface area contributed by atoms with E-state index in [0.29, 0.717) is 5.56 Å². The second-order valence-corrected chi connectivity index (χ2v) is 5.07. The van der Waals surface area contributed by atoms with Crippen molar-refractivity contribution in [3.05, 3.63) is 35.4 Å². The summed E-state index contributed by atoms with van der Waals surface area (Å²) < 4.78 is 47.7. The van der Waals surface area contributed by atoms with Crippen LogP contribution in [0.5, 0.6) is 0 Å². The van der Waals surface area contributed by atoms with Gasteiger partial charge in [-0.25, -0.2) is 4.79 Å². The first kappa shape index (κ1) is 13.7. The summed E-state index contributed by atoms with van der Waals surface area (Å²) >= 11 is 0. The lowest BCUT2D eigenvalue weighted by atomic mass is 9.81. The predicted molar refractivity (Wildman–Crippen MR) is 60.4 cm³/mol. The lowest BCUT2D eigenvalue weighted by Gasteiger charge is -2.33. The molecule has 0 radical (unpaired) electrons. The van der Waals surface area contributed by atoms with Crippen molar-refractivity contribution < 1.29 is 27.4 Å². The van der Waals surface area contributed by atoms with Gasteiger partial charge < -0.3 is 9.47 Å². The van der Waals surface area contributed by atoms with Crippen LogP contribution < -0.4 is 0 Å². The fourth-order valence-electron chi connectivity index (χ4n) is 2.00. The number of halogens is 3. The number of carbonyl (C=O) groups excluding carboxylic acids is 1. The van der Waals surface area contributed by atoms with Gasteiger partial charge in [-0.1, -0.05) is 12.1 Å². The van der Waals surface area contributed by atoms with Gasteiger partial charge in [0, 0.05) is 0 Å². The van der Waals surface area contributed by atoms with E-state index in [2.05, 4.69) is 0 Å². The lowest BCUT2D eigenvalue weighted by Crippen LogP contribution is -2.42. The maximum Gasteiger partial charge on any atom is 0.510 e. The van der Waals surface area contributed by atoms with Gasteiger partial charge in [0.25, 0.3) is 0 Å². The summed E-state index contributed by atoms with van der Waals surface area (Å²) in [5.41, 5.74) is -2.36. The van der Waals surface area contributed by atoms with Crippen molar-refractivity contribution in [3.63, 3.8) is 0 Å². The van der Waals surface area contributed by atoms with Crippen LogP contribution in [-0.4, -0.2) is 11.8 Å². The minimum atomic E-state index is -4.39. The average molecular weight is 274 g/mol. The van der Waals surface area contributed by atoms with Crippen LogP contribution in [-0.2, 0) is 21.3 Å². The van der Waals surface area contributed by atoms with Crippen LogP contribution in [0.25, 0.3) is 0 Å². The van der Waals surface area contributed by atoms with Crippen LogP contribution in [0.2, 0.25) is 0 Å². The molecule has 1 aromatic carbocycles. The third-order valence-corrected chi connectivity index (χ3v) is 3.54. The largest absolute Gasteiger partial charge is 0.510 e. The van der Waals surface area contributed by atoms with Crippen molar-refractivity contribution in [3.8, 4) is 0 Å². The normalized spacial score (nSPS) is 25.9. The number of carbonyl (C=O) groups is 1. The summed E-state index contributed by atoms with van der Waals surface area (Å²) in [6.45, 7) is 4.91. The van der Waals surface area contributed by atoms with E-state index in [1.165, 1.54) is 12.1 Å². The van der Waals surface area contributed by atoms with Gasteiger partial charge in [-0.2, -0.15) is 13.2 Å². The summed E-state index contributed by atoms with van der Waals surface area (Å²) in [6, 6.07) is 4.52. The number of alkyl halides is 3. The Balaban J connectivity index is 2.40. The molecular weight excluding hydrogens is 261 g/mol. The highest BCUT2D eigenvalue weighted by atomic mass is 19.4. The van der Waals surface area contributed by atoms with E-state index < -0.39 is 29.1 Å². The zero-order valence-electron chi connectivity index (χ0n) is 10.7. The summed E-state index contributed by atoms with van der Waals surface area (Å²) in [5, 5.41) is 0. The molecule has 6 heteroatoms. The van der Waals surface area contributed by atoms with Crippen LogP contribution in [0.4, 0.5) is 18.0 Å². The monoisotopic (exact) mass is 274 g/mol. The number of cyclic esters (lactones) is 2. The molecular formula is C13H13F3O3. The summed E-state index contributed by atoms with van der Waals surface area (Å²) in [5.74, 6) is 0. The molecule has 0 amide bonds. The molecule has 0 aliphatic carbocycles. The quantitative estimate of drug-likeness (QED) is 0.729. The summed E-state index contributed by atoms with van der Waals surface area (Å²) in [7, 11) is 0. The topological polar surface area (TPSA) is 35.5 Å². The van der Waals surface area contributed by atoms with Gasteiger partial charge in [-0.05, 0) is 38.5 Å². The molecule has 1 aliphatic rings. The number of rotatable bonds is 1. The van der Waals surface area contributed by atoms with E-state index in [0.717, 1.165) is 12.1 Å². The average Bonchev–Trinajstić information content (AvgIpc) is 2.47. The van der Waals surface area contributed by atoms with Gasteiger partial charge in [-0.15, -0.1) is 0 Å². The summed E-state index contributed by atoms with van der Waals surface area (Å²) in [4.78, 5) is 11.2. The number of hydrogen-bond donors (Lipinski definition) is 0. The Hall–Kier alpha value is -1.72. The van der Waals surface area contributed by atoms with Gasteiger partial charge in [0.1, 0.15) is 0 Å². The molecule has 1 atom stereocenters. The molecule has 1 heterocycles. The molecule has 1 saturated heterocycles. The number of hydrogen-bond acceptors (Lipinski definition) is 3. The van der Waals surface area contributed by atoms with Crippen LogP contribution in [0.1, 0.15) is 31.9 Å². The Morgan fingerprint density at radius 1 is 1.00 bits per heavy atom. The van der Waals surface area contributed by atoms with Gasteiger partial charge in [0.2, 0.25) is 0 Å². The number of benzene rings is 1. The Bertz CT molecular complexity index is 505.